The number of pyridine rings is 1. The van der Waals surface area contributed by atoms with E-state index in [-0.39, 0.29) is 5.91 Å². The summed E-state index contributed by atoms with van der Waals surface area (Å²) in [6.45, 7) is 0.331. The molecule has 2 aromatic carbocycles. The summed E-state index contributed by atoms with van der Waals surface area (Å²) in [6.07, 6.45) is 1.72. The van der Waals surface area contributed by atoms with Crippen molar-refractivity contribution in [1.82, 2.24) is 9.97 Å². The molecule has 0 fully saturated rings. The summed E-state index contributed by atoms with van der Waals surface area (Å²) in [7, 11) is 1.63. The third kappa shape index (κ3) is 3.76. The number of carbonyl (C=O) groups is 1. The number of methoxy groups -OCH3 is 1. The molecule has 4 rings (SSSR count). The van der Waals surface area contributed by atoms with Gasteiger partial charge in [-0.1, -0.05) is 29.5 Å². The first-order valence-corrected chi connectivity index (χ1v) is 10.2. The van der Waals surface area contributed by atoms with E-state index in [2.05, 4.69) is 25.9 Å². The van der Waals surface area contributed by atoms with Crippen molar-refractivity contribution in [3.8, 4) is 5.75 Å². The number of anilines is 1. The van der Waals surface area contributed by atoms with Crippen molar-refractivity contribution in [3.63, 3.8) is 0 Å². The van der Waals surface area contributed by atoms with Crippen molar-refractivity contribution >= 4 is 48.5 Å². The highest BCUT2D eigenvalue weighted by Gasteiger charge is 2.23. The summed E-state index contributed by atoms with van der Waals surface area (Å²) in [6, 6.07) is 18.7. The highest BCUT2D eigenvalue weighted by molar-refractivity contribution is 9.10. The van der Waals surface area contributed by atoms with Crippen LogP contribution in [0.15, 0.2) is 71.3 Å². The molecule has 2 heterocycles. The Morgan fingerprint density at radius 2 is 1.96 bits per heavy atom. The third-order valence-corrected chi connectivity index (χ3v) is 5.94. The SMILES string of the molecule is COc1ccc2nc(N(Cc3ccccn3)C(=O)c3ccccc3Br)sc2c1. The average molecular weight is 454 g/mol. The highest BCUT2D eigenvalue weighted by atomic mass is 79.9. The van der Waals surface area contributed by atoms with Gasteiger partial charge >= 0.3 is 0 Å². The molecule has 0 N–H and O–H groups in total. The van der Waals surface area contributed by atoms with Crippen LogP contribution in [0.3, 0.4) is 0 Å². The Labute approximate surface area is 174 Å². The minimum atomic E-state index is -0.135. The highest BCUT2D eigenvalue weighted by Crippen LogP contribution is 2.33. The number of amides is 1. The van der Waals surface area contributed by atoms with Crippen LogP contribution in [0.25, 0.3) is 10.2 Å². The van der Waals surface area contributed by atoms with Crippen molar-refractivity contribution in [3.05, 3.63) is 82.6 Å². The molecule has 0 aliphatic carbocycles. The lowest BCUT2D eigenvalue weighted by Gasteiger charge is -2.20. The van der Waals surface area contributed by atoms with Gasteiger partial charge in [-0.15, -0.1) is 0 Å². The maximum Gasteiger partial charge on any atom is 0.261 e. The van der Waals surface area contributed by atoms with Gasteiger partial charge in [-0.3, -0.25) is 14.7 Å². The van der Waals surface area contributed by atoms with Gasteiger partial charge in [0.15, 0.2) is 5.13 Å². The molecule has 0 aliphatic rings. The van der Waals surface area contributed by atoms with Crippen molar-refractivity contribution < 1.29 is 9.53 Å². The monoisotopic (exact) mass is 453 g/mol. The third-order valence-electron chi connectivity index (χ3n) is 4.21. The molecule has 0 saturated heterocycles. The number of aromatic nitrogens is 2. The zero-order chi connectivity index (χ0) is 19.5. The van der Waals surface area contributed by atoms with Gasteiger partial charge < -0.3 is 4.74 Å². The van der Waals surface area contributed by atoms with Crippen LogP contribution < -0.4 is 9.64 Å². The fourth-order valence-corrected chi connectivity index (χ4v) is 4.24. The Kier molecular flexibility index (Phi) is 5.36. The molecule has 5 nitrogen and oxygen atoms in total. The molecule has 0 spiro atoms. The summed E-state index contributed by atoms with van der Waals surface area (Å²) in [5.41, 5.74) is 2.20. The molecule has 4 aromatic rings. The smallest absolute Gasteiger partial charge is 0.261 e. The summed E-state index contributed by atoms with van der Waals surface area (Å²) >= 11 is 4.93. The van der Waals surface area contributed by atoms with E-state index in [4.69, 9.17) is 4.74 Å². The number of rotatable bonds is 5. The lowest BCUT2D eigenvalue weighted by Crippen LogP contribution is -2.31. The Bertz CT molecular complexity index is 1130. The van der Waals surface area contributed by atoms with Crippen molar-refractivity contribution in [2.45, 2.75) is 6.54 Å². The predicted molar refractivity (Wildman–Crippen MR) is 115 cm³/mol. The van der Waals surface area contributed by atoms with E-state index in [0.29, 0.717) is 17.2 Å². The van der Waals surface area contributed by atoms with Gasteiger partial charge in [-0.05, 0) is 58.4 Å². The van der Waals surface area contributed by atoms with E-state index in [1.807, 2.05) is 54.6 Å². The van der Waals surface area contributed by atoms with Crippen molar-refractivity contribution in [2.24, 2.45) is 0 Å². The van der Waals surface area contributed by atoms with E-state index in [0.717, 1.165) is 26.1 Å². The lowest BCUT2D eigenvalue weighted by atomic mass is 10.2. The second kappa shape index (κ2) is 8.08. The zero-order valence-electron chi connectivity index (χ0n) is 15.0. The molecule has 0 radical (unpaired) electrons. The normalized spacial score (nSPS) is 10.8. The van der Waals surface area contributed by atoms with Crippen LogP contribution in [0.1, 0.15) is 16.1 Å². The molecule has 140 valence electrons. The molecule has 1 amide bonds. The van der Waals surface area contributed by atoms with Crippen molar-refractivity contribution in [1.29, 1.82) is 0 Å². The van der Waals surface area contributed by atoms with Crippen LogP contribution in [0.4, 0.5) is 5.13 Å². The van der Waals surface area contributed by atoms with Crippen LogP contribution in [-0.4, -0.2) is 23.0 Å². The van der Waals surface area contributed by atoms with Gasteiger partial charge in [0.1, 0.15) is 5.75 Å². The number of hydrogen-bond donors (Lipinski definition) is 0. The quantitative estimate of drug-likeness (QED) is 0.410. The number of hydrogen-bond acceptors (Lipinski definition) is 5. The molecule has 28 heavy (non-hydrogen) atoms. The van der Waals surface area contributed by atoms with E-state index in [1.165, 1.54) is 11.3 Å². The number of thiazole rings is 1. The average Bonchev–Trinajstić information content (AvgIpc) is 3.15. The zero-order valence-corrected chi connectivity index (χ0v) is 17.4. The van der Waals surface area contributed by atoms with Crippen LogP contribution in [-0.2, 0) is 6.54 Å². The number of ether oxygens (including phenoxy) is 1. The molecular weight excluding hydrogens is 438 g/mol. The maximum absolute atomic E-state index is 13.4. The first-order valence-electron chi connectivity index (χ1n) is 8.56. The van der Waals surface area contributed by atoms with Crippen molar-refractivity contribution in [2.75, 3.05) is 12.0 Å². The Morgan fingerprint density at radius 3 is 2.71 bits per heavy atom. The topological polar surface area (TPSA) is 55.3 Å². The Morgan fingerprint density at radius 1 is 1.14 bits per heavy atom. The summed E-state index contributed by atoms with van der Waals surface area (Å²) in [5.74, 6) is 0.625. The standard InChI is InChI=1S/C21H16BrN3O2S/c1-27-15-9-10-18-19(12-15)28-21(24-18)25(13-14-6-4-5-11-23-14)20(26)16-7-2-3-8-17(16)22/h2-12H,13H2,1H3. The molecule has 0 atom stereocenters. The van der Waals surface area contributed by atoms with Gasteiger partial charge in [-0.2, -0.15) is 0 Å². The van der Waals surface area contributed by atoms with Crippen LogP contribution in [0, 0.1) is 0 Å². The van der Waals surface area contributed by atoms with Gasteiger partial charge in [-0.25, -0.2) is 4.98 Å². The van der Waals surface area contributed by atoms with E-state index in [1.54, 1.807) is 24.3 Å². The summed E-state index contributed by atoms with van der Waals surface area (Å²) in [5, 5.41) is 0.620. The Balaban J connectivity index is 1.78. The second-order valence-corrected chi connectivity index (χ2v) is 7.89. The molecular formula is C21H16BrN3O2S. The van der Waals surface area contributed by atoms with Crippen LogP contribution in [0.2, 0.25) is 0 Å². The first kappa shape index (κ1) is 18.6. The van der Waals surface area contributed by atoms with Gasteiger partial charge in [0.2, 0.25) is 0 Å². The number of carbonyl (C=O) groups excluding carboxylic acids is 1. The number of fused-ring (bicyclic) bond motifs is 1. The lowest BCUT2D eigenvalue weighted by molar-refractivity contribution is 0.0984. The summed E-state index contributed by atoms with van der Waals surface area (Å²) < 4.78 is 7.01. The first-order chi connectivity index (χ1) is 13.7. The van der Waals surface area contributed by atoms with E-state index < -0.39 is 0 Å². The number of halogens is 1. The van der Waals surface area contributed by atoms with E-state index in [9.17, 15) is 4.79 Å². The predicted octanol–water partition coefficient (Wildman–Crippen LogP) is 5.31. The fraction of sp³-hybridized carbons (Fsp3) is 0.0952. The molecule has 0 saturated carbocycles. The van der Waals surface area contributed by atoms with Gasteiger partial charge in [0.05, 0.1) is 35.1 Å². The second-order valence-electron chi connectivity index (χ2n) is 6.02. The maximum atomic E-state index is 13.4. The fourth-order valence-electron chi connectivity index (χ4n) is 2.80. The molecule has 0 unspecified atom stereocenters. The van der Waals surface area contributed by atoms with Gasteiger partial charge in [0.25, 0.3) is 5.91 Å². The largest absolute Gasteiger partial charge is 0.497 e. The van der Waals surface area contributed by atoms with Crippen LogP contribution >= 0.6 is 27.3 Å². The molecule has 0 aliphatic heterocycles. The van der Waals surface area contributed by atoms with E-state index >= 15 is 0 Å². The molecule has 0 bridgehead atoms. The minimum Gasteiger partial charge on any atom is -0.497 e. The Hall–Kier alpha value is -2.77. The number of nitrogens with zero attached hydrogens (tertiary/aromatic N) is 3. The van der Waals surface area contributed by atoms with Crippen LogP contribution in [0.5, 0.6) is 5.75 Å². The summed E-state index contributed by atoms with van der Waals surface area (Å²) in [4.78, 5) is 24.1. The molecule has 2 aromatic heterocycles. The minimum absolute atomic E-state index is 0.135. The van der Waals surface area contributed by atoms with Gasteiger partial charge in [0, 0.05) is 10.7 Å². The molecule has 7 heteroatoms. The number of benzene rings is 2.